The highest BCUT2D eigenvalue weighted by molar-refractivity contribution is 5.76. The summed E-state index contributed by atoms with van der Waals surface area (Å²) < 4.78 is 0. The Bertz CT molecular complexity index is 226. The number of hydrogen-bond acceptors (Lipinski definition) is 2. The zero-order chi connectivity index (χ0) is 12.6. The Morgan fingerprint density at radius 3 is 2.19 bits per heavy atom. The lowest BCUT2D eigenvalue weighted by atomic mass is 10.1. The fraction of sp³-hybridized carbons (Fsp3) is 0.833. The normalized spacial score (nSPS) is 10.5. The Morgan fingerprint density at radius 2 is 1.75 bits per heavy atom. The van der Waals surface area contributed by atoms with Crippen LogP contribution >= 0.6 is 0 Å². The van der Waals surface area contributed by atoms with Gasteiger partial charge in [0.25, 0.3) is 0 Å². The number of unbranched alkanes of at least 4 members (excludes halogenated alkanes) is 1. The van der Waals surface area contributed by atoms with Gasteiger partial charge in [-0.15, -0.1) is 0 Å². The number of amides is 1. The second kappa shape index (κ2) is 8.13. The van der Waals surface area contributed by atoms with E-state index >= 15 is 0 Å². The van der Waals surface area contributed by atoms with E-state index in [0.29, 0.717) is 25.2 Å². The Kier molecular flexibility index (Phi) is 7.60. The molecule has 16 heavy (non-hydrogen) atoms. The SMILES string of the molecule is CCN(CC(C)C)C(=O)CCCCC(=O)O. The number of carbonyl (C=O) groups is 2. The zero-order valence-corrected chi connectivity index (χ0v) is 10.5. The molecule has 0 saturated heterocycles. The number of carbonyl (C=O) groups excluding carboxylic acids is 1. The van der Waals surface area contributed by atoms with Gasteiger partial charge in [-0.1, -0.05) is 13.8 Å². The number of rotatable bonds is 8. The largest absolute Gasteiger partial charge is 0.481 e. The standard InChI is InChI=1S/C12H23NO3/c1-4-13(9-10(2)3)11(14)7-5-6-8-12(15)16/h10H,4-9H2,1-3H3,(H,15,16). The number of hydrogen-bond donors (Lipinski definition) is 1. The third kappa shape index (κ3) is 7.26. The maximum Gasteiger partial charge on any atom is 0.303 e. The van der Waals surface area contributed by atoms with Crippen molar-refractivity contribution in [3.8, 4) is 0 Å². The van der Waals surface area contributed by atoms with Crippen molar-refractivity contribution in [1.82, 2.24) is 4.90 Å². The van der Waals surface area contributed by atoms with E-state index in [9.17, 15) is 9.59 Å². The molecule has 0 unspecified atom stereocenters. The van der Waals surface area contributed by atoms with Gasteiger partial charge < -0.3 is 10.0 Å². The molecule has 0 aliphatic carbocycles. The molecule has 94 valence electrons. The average Bonchev–Trinajstić information content (AvgIpc) is 2.20. The molecule has 0 aromatic carbocycles. The van der Waals surface area contributed by atoms with Gasteiger partial charge in [0.05, 0.1) is 0 Å². The first-order chi connectivity index (χ1) is 7.47. The van der Waals surface area contributed by atoms with Crippen molar-refractivity contribution in [2.75, 3.05) is 13.1 Å². The van der Waals surface area contributed by atoms with Crippen LogP contribution in [0.2, 0.25) is 0 Å². The Balaban J connectivity index is 3.79. The summed E-state index contributed by atoms with van der Waals surface area (Å²) in [6.07, 6.45) is 1.87. The molecule has 0 aromatic rings. The smallest absolute Gasteiger partial charge is 0.303 e. The number of aliphatic carboxylic acids is 1. The van der Waals surface area contributed by atoms with E-state index in [-0.39, 0.29) is 12.3 Å². The molecule has 0 aliphatic rings. The van der Waals surface area contributed by atoms with Crippen molar-refractivity contribution < 1.29 is 14.7 Å². The van der Waals surface area contributed by atoms with E-state index in [1.165, 1.54) is 0 Å². The summed E-state index contributed by atoms with van der Waals surface area (Å²) in [4.78, 5) is 23.9. The van der Waals surface area contributed by atoms with Crippen LogP contribution in [0.15, 0.2) is 0 Å². The molecular weight excluding hydrogens is 206 g/mol. The van der Waals surface area contributed by atoms with Gasteiger partial charge in [0.1, 0.15) is 0 Å². The van der Waals surface area contributed by atoms with Gasteiger partial charge in [-0.2, -0.15) is 0 Å². The van der Waals surface area contributed by atoms with Crippen LogP contribution in [0.5, 0.6) is 0 Å². The van der Waals surface area contributed by atoms with E-state index in [1.807, 2.05) is 11.8 Å². The fourth-order valence-electron chi connectivity index (χ4n) is 1.56. The van der Waals surface area contributed by atoms with Crippen LogP contribution in [0.25, 0.3) is 0 Å². The monoisotopic (exact) mass is 229 g/mol. The minimum Gasteiger partial charge on any atom is -0.481 e. The van der Waals surface area contributed by atoms with Crippen LogP contribution in [-0.4, -0.2) is 35.0 Å². The molecular formula is C12H23NO3. The van der Waals surface area contributed by atoms with Crippen LogP contribution in [0.3, 0.4) is 0 Å². The van der Waals surface area contributed by atoms with Gasteiger partial charge in [0.2, 0.25) is 5.91 Å². The summed E-state index contributed by atoms with van der Waals surface area (Å²) >= 11 is 0. The van der Waals surface area contributed by atoms with Crippen molar-refractivity contribution in [3.63, 3.8) is 0 Å². The maximum absolute atomic E-state index is 11.7. The van der Waals surface area contributed by atoms with Gasteiger partial charge >= 0.3 is 5.97 Å². The van der Waals surface area contributed by atoms with Gasteiger partial charge in [0.15, 0.2) is 0 Å². The minimum atomic E-state index is -0.790. The number of carboxylic acid groups (broad SMARTS) is 1. The van der Waals surface area contributed by atoms with Crippen molar-refractivity contribution >= 4 is 11.9 Å². The summed E-state index contributed by atoms with van der Waals surface area (Å²) in [6, 6.07) is 0. The molecule has 0 rings (SSSR count). The molecule has 4 nitrogen and oxygen atoms in total. The Labute approximate surface area is 97.6 Å². The maximum atomic E-state index is 11.7. The van der Waals surface area contributed by atoms with Crippen LogP contribution in [0.1, 0.15) is 46.5 Å². The topological polar surface area (TPSA) is 57.6 Å². The van der Waals surface area contributed by atoms with Crippen molar-refractivity contribution in [2.45, 2.75) is 46.5 Å². The molecule has 0 atom stereocenters. The van der Waals surface area contributed by atoms with E-state index < -0.39 is 5.97 Å². The predicted octanol–water partition coefficient (Wildman–Crippen LogP) is 2.14. The molecule has 0 aromatic heterocycles. The van der Waals surface area contributed by atoms with Crippen molar-refractivity contribution in [2.24, 2.45) is 5.92 Å². The molecule has 0 fully saturated rings. The van der Waals surface area contributed by atoms with E-state index in [0.717, 1.165) is 13.1 Å². The molecule has 1 amide bonds. The summed E-state index contributed by atoms with van der Waals surface area (Å²) in [5.74, 6) is -0.175. The molecule has 0 aliphatic heterocycles. The number of carboxylic acids is 1. The Morgan fingerprint density at radius 1 is 1.19 bits per heavy atom. The van der Waals surface area contributed by atoms with Crippen molar-refractivity contribution in [1.29, 1.82) is 0 Å². The minimum absolute atomic E-state index is 0.140. The van der Waals surface area contributed by atoms with Crippen LogP contribution in [-0.2, 0) is 9.59 Å². The molecule has 4 heteroatoms. The molecule has 0 spiro atoms. The first-order valence-corrected chi connectivity index (χ1v) is 5.97. The average molecular weight is 229 g/mol. The summed E-state index contributed by atoms with van der Waals surface area (Å²) in [6.45, 7) is 7.66. The predicted molar refractivity (Wildman–Crippen MR) is 63.2 cm³/mol. The molecule has 0 heterocycles. The molecule has 0 radical (unpaired) electrons. The van der Waals surface area contributed by atoms with Gasteiger partial charge in [0, 0.05) is 25.9 Å². The van der Waals surface area contributed by atoms with Gasteiger partial charge in [-0.3, -0.25) is 9.59 Å². The number of nitrogens with zero attached hydrogens (tertiary/aromatic N) is 1. The van der Waals surface area contributed by atoms with Crippen LogP contribution < -0.4 is 0 Å². The Hall–Kier alpha value is -1.06. The lowest BCUT2D eigenvalue weighted by Gasteiger charge is -2.22. The third-order valence-corrected chi connectivity index (χ3v) is 2.35. The summed E-state index contributed by atoms with van der Waals surface area (Å²) in [5.41, 5.74) is 0. The highest BCUT2D eigenvalue weighted by Gasteiger charge is 2.12. The lowest BCUT2D eigenvalue weighted by molar-refractivity contribution is -0.137. The van der Waals surface area contributed by atoms with Crippen LogP contribution in [0, 0.1) is 5.92 Å². The summed E-state index contributed by atoms with van der Waals surface area (Å²) in [5, 5.41) is 8.46. The van der Waals surface area contributed by atoms with Gasteiger partial charge in [-0.05, 0) is 25.7 Å². The highest BCUT2D eigenvalue weighted by Crippen LogP contribution is 2.06. The van der Waals surface area contributed by atoms with Crippen molar-refractivity contribution in [3.05, 3.63) is 0 Å². The van der Waals surface area contributed by atoms with Crippen LogP contribution in [0.4, 0.5) is 0 Å². The summed E-state index contributed by atoms with van der Waals surface area (Å²) in [7, 11) is 0. The van der Waals surface area contributed by atoms with E-state index in [4.69, 9.17) is 5.11 Å². The first-order valence-electron chi connectivity index (χ1n) is 5.97. The molecule has 1 N–H and O–H groups in total. The van der Waals surface area contributed by atoms with E-state index in [2.05, 4.69) is 13.8 Å². The fourth-order valence-corrected chi connectivity index (χ4v) is 1.56. The third-order valence-electron chi connectivity index (χ3n) is 2.35. The van der Waals surface area contributed by atoms with E-state index in [1.54, 1.807) is 0 Å². The van der Waals surface area contributed by atoms with Gasteiger partial charge in [-0.25, -0.2) is 0 Å². The second-order valence-electron chi connectivity index (χ2n) is 4.43. The first kappa shape index (κ1) is 14.9. The second-order valence-corrected chi connectivity index (χ2v) is 4.43. The quantitative estimate of drug-likeness (QED) is 0.649. The molecule has 0 saturated carbocycles. The molecule has 0 bridgehead atoms. The lowest BCUT2D eigenvalue weighted by Crippen LogP contribution is -2.33. The highest BCUT2D eigenvalue weighted by atomic mass is 16.4. The zero-order valence-electron chi connectivity index (χ0n) is 10.5.